The van der Waals surface area contributed by atoms with Crippen molar-refractivity contribution in [1.82, 2.24) is 0 Å². The van der Waals surface area contributed by atoms with E-state index in [4.69, 9.17) is 5.73 Å². The fraction of sp³-hybridized carbons (Fsp3) is 0.222. The summed E-state index contributed by atoms with van der Waals surface area (Å²) in [4.78, 5) is 24.4. The molecule has 126 valence electrons. The lowest BCUT2D eigenvalue weighted by molar-refractivity contribution is -0.119. The fourth-order valence-corrected chi connectivity index (χ4v) is 3.57. The maximum atomic E-state index is 12.5. The van der Waals surface area contributed by atoms with E-state index in [-0.39, 0.29) is 17.1 Å². The zero-order chi connectivity index (χ0) is 17.9. The molecule has 0 fully saturated rings. The summed E-state index contributed by atoms with van der Waals surface area (Å²) in [5.41, 5.74) is 6.98. The van der Waals surface area contributed by atoms with Crippen LogP contribution in [0.2, 0.25) is 0 Å². The number of carbonyl (C=O) groups excluding carboxylic acids is 2. The maximum absolute atomic E-state index is 12.5. The molecule has 0 saturated carbocycles. The first-order valence-electron chi connectivity index (χ1n) is 7.38. The summed E-state index contributed by atoms with van der Waals surface area (Å²) < 4.78 is 23.3. The van der Waals surface area contributed by atoms with Crippen LogP contribution in [0.1, 0.15) is 33.8 Å². The highest BCUT2D eigenvalue weighted by atomic mass is 32.2. The van der Waals surface area contributed by atoms with Gasteiger partial charge in [0.25, 0.3) is 0 Å². The summed E-state index contributed by atoms with van der Waals surface area (Å²) in [6.07, 6.45) is 1.06. The number of amides is 1. The van der Waals surface area contributed by atoms with Crippen molar-refractivity contribution in [3.8, 4) is 0 Å². The lowest BCUT2D eigenvalue weighted by Crippen LogP contribution is -2.24. The average Bonchev–Trinajstić information content (AvgIpc) is 2.51. The minimum atomic E-state index is -3.34. The summed E-state index contributed by atoms with van der Waals surface area (Å²) in [7, 11) is -3.34. The fourth-order valence-electron chi connectivity index (χ4n) is 2.61. The van der Waals surface area contributed by atoms with Crippen LogP contribution in [-0.4, -0.2) is 26.4 Å². The molecule has 1 amide bonds. The van der Waals surface area contributed by atoms with Crippen molar-refractivity contribution in [1.29, 1.82) is 0 Å². The van der Waals surface area contributed by atoms with Gasteiger partial charge < -0.3 is 5.73 Å². The second kappa shape index (κ2) is 6.97. The van der Waals surface area contributed by atoms with Crippen molar-refractivity contribution >= 4 is 21.5 Å². The van der Waals surface area contributed by atoms with Crippen molar-refractivity contribution < 1.29 is 18.0 Å². The van der Waals surface area contributed by atoms with Gasteiger partial charge in [0, 0.05) is 18.2 Å². The van der Waals surface area contributed by atoms with Crippen LogP contribution in [0.3, 0.4) is 0 Å². The van der Waals surface area contributed by atoms with E-state index >= 15 is 0 Å². The van der Waals surface area contributed by atoms with Crippen LogP contribution in [0.15, 0.2) is 53.4 Å². The van der Waals surface area contributed by atoms with Gasteiger partial charge in [-0.3, -0.25) is 9.59 Å². The number of rotatable bonds is 6. The monoisotopic (exact) mass is 345 g/mol. The lowest BCUT2D eigenvalue weighted by Gasteiger charge is -2.13. The summed E-state index contributed by atoms with van der Waals surface area (Å²) >= 11 is 0. The Hall–Kier alpha value is -2.47. The highest BCUT2D eigenvalue weighted by Gasteiger charge is 2.23. The molecule has 5 nitrogen and oxygen atoms in total. The Kier molecular flexibility index (Phi) is 5.19. The minimum absolute atomic E-state index is 0.0585. The molecule has 2 N–H and O–H groups in total. The number of aryl methyl sites for hydroxylation is 1. The van der Waals surface area contributed by atoms with E-state index in [1.165, 1.54) is 18.2 Å². The molecule has 2 aromatic carbocycles. The van der Waals surface area contributed by atoms with Gasteiger partial charge in [-0.2, -0.15) is 0 Å². The molecule has 0 aromatic heterocycles. The number of sulfone groups is 1. The largest absolute Gasteiger partial charge is 0.369 e. The van der Waals surface area contributed by atoms with Gasteiger partial charge in [0.2, 0.25) is 5.91 Å². The van der Waals surface area contributed by atoms with E-state index in [2.05, 4.69) is 0 Å². The third-order valence-electron chi connectivity index (χ3n) is 3.83. The first-order valence-corrected chi connectivity index (χ1v) is 9.27. The highest BCUT2D eigenvalue weighted by Crippen LogP contribution is 2.23. The quantitative estimate of drug-likeness (QED) is 0.812. The standard InChI is InChI=1S/C18H19NO4S/c1-12-10-14(8-9-17(12)24(2,22)23)16(20)11-15(18(19)21)13-6-4-3-5-7-13/h3-10,15H,11H2,1-2H3,(H2,19,21). The Morgan fingerprint density at radius 3 is 2.21 bits per heavy atom. The van der Waals surface area contributed by atoms with Gasteiger partial charge in [-0.1, -0.05) is 36.4 Å². The number of nitrogens with two attached hydrogens (primary N) is 1. The molecule has 24 heavy (non-hydrogen) atoms. The number of ketones is 1. The van der Waals surface area contributed by atoms with Crippen molar-refractivity contribution in [2.24, 2.45) is 5.73 Å². The summed E-state index contributed by atoms with van der Waals surface area (Å²) in [6.45, 7) is 1.63. The van der Waals surface area contributed by atoms with Crippen molar-refractivity contribution in [3.05, 3.63) is 65.2 Å². The number of benzene rings is 2. The number of primary amides is 1. The van der Waals surface area contributed by atoms with E-state index in [1.807, 2.05) is 6.07 Å². The van der Waals surface area contributed by atoms with Crippen molar-refractivity contribution in [2.75, 3.05) is 6.26 Å². The summed E-state index contributed by atoms with van der Waals surface area (Å²) in [6, 6.07) is 13.3. The van der Waals surface area contributed by atoms with Gasteiger partial charge in [-0.05, 0) is 30.2 Å². The Bertz CT molecular complexity index is 873. The molecule has 1 unspecified atom stereocenters. The number of hydrogen-bond donors (Lipinski definition) is 1. The predicted molar refractivity (Wildman–Crippen MR) is 91.6 cm³/mol. The Labute approximate surface area is 141 Å². The van der Waals surface area contributed by atoms with E-state index in [0.29, 0.717) is 16.7 Å². The molecule has 6 heteroatoms. The molecule has 0 heterocycles. The molecule has 0 spiro atoms. The number of hydrogen-bond acceptors (Lipinski definition) is 4. The molecule has 2 rings (SSSR count). The van der Waals surface area contributed by atoms with Crippen LogP contribution < -0.4 is 5.73 Å². The van der Waals surface area contributed by atoms with Gasteiger partial charge in [0.1, 0.15) is 0 Å². The maximum Gasteiger partial charge on any atom is 0.225 e. The minimum Gasteiger partial charge on any atom is -0.369 e. The average molecular weight is 345 g/mol. The zero-order valence-electron chi connectivity index (χ0n) is 13.5. The van der Waals surface area contributed by atoms with Gasteiger partial charge in [0.05, 0.1) is 10.8 Å². The Morgan fingerprint density at radius 2 is 1.71 bits per heavy atom. The number of carbonyl (C=O) groups is 2. The van der Waals surface area contributed by atoms with Crippen molar-refractivity contribution in [3.63, 3.8) is 0 Å². The second-order valence-corrected chi connectivity index (χ2v) is 7.73. The van der Waals surface area contributed by atoms with Gasteiger partial charge >= 0.3 is 0 Å². The second-order valence-electron chi connectivity index (χ2n) is 5.75. The van der Waals surface area contributed by atoms with E-state index in [0.717, 1.165) is 6.26 Å². The molecule has 0 saturated heterocycles. The molecule has 0 radical (unpaired) electrons. The lowest BCUT2D eigenvalue weighted by atomic mass is 9.91. The molecule has 0 bridgehead atoms. The third kappa shape index (κ3) is 4.08. The van der Waals surface area contributed by atoms with E-state index in [9.17, 15) is 18.0 Å². The van der Waals surface area contributed by atoms with Crippen LogP contribution >= 0.6 is 0 Å². The topological polar surface area (TPSA) is 94.3 Å². The van der Waals surface area contributed by atoms with Gasteiger partial charge in [-0.15, -0.1) is 0 Å². The van der Waals surface area contributed by atoms with Crippen LogP contribution in [0.5, 0.6) is 0 Å². The third-order valence-corrected chi connectivity index (χ3v) is 5.09. The molecule has 0 aliphatic carbocycles. The van der Waals surface area contributed by atoms with Gasteiger partial charge in [0.15, 0.2) is 15.6 Å². The summed E-state index contributed by atoms with van der Waals surface area (Å²) in [5, 5.41) is 0. The molecular weight excluding hydrogens is 326 g/mol. The van der Waals surface area contributed by atoms with E-state index < -0.39 is 21.7 Å². The summed E-state index contributed by atoms with van der Waals surface area (Å²) in [5.74, 6) is -1.54. The molecular formula is C18H19NO4S. The van der Waals surface area contributed by atoms with Crippen LogP contribution in [0.4, 0.5) is 0 Å². The van der Waals surface area contributed by atoms with Crippen LogP contribution in [0, 0.1) is 6.92 Å². The predicted octanol–water partition coefficient (Wildman–Crippen LogP) is 2.24. The van der Waals surface area contributed by atoms with Gasteiger partial charge in [-0.25, -0.2) is 8.42 Å². The Morgan fingerprint density at radius 1 is 1.08 bits per heavy atom. The molecule has 0 aliphatic heterocycles. The van der Waals surface area contributed by atoms with Crippen LogP contribution in [0.25, 0.3) is 0 Å². The molecule has 1 atom stereocenters. The first-order chi connectivity index (χ1) is 11.2. The Balaban J connectivity index is 2.28. The highest BCUT2D eigenvalue weighted by molar-refractivity contribution is 7.90. The molecule has 2 aromatic rings. The normalized spacial score (nSPS) is 12.6. The molecule has 0 aliphatic rings. The van der Waals surface area contributed by atoms with Crippen molar-refractivity contribution in [2.45, 2.75) is 24.2 Å². The zero-order valence-corrected chi connectivity index (χ0v) is 14.3. The smallest absolute Gasteiger partial charge is 0.225 e. The SMILES string of the molecule is Cc1cc(C(=O)CC(C(N)=O)c2ccccc2)ccc1S(C)(=O)=O. The van der Waals surface area contributed by atoms with E-state index in [1.54, 1.807) is 31.2 Å². The van der Waals surface area contributed by atoms with Crippen LogP contribution in [-0.2, 0) is 14.6 Å². The first kappa shape index (κ1) is 17.9. The number of Topliss-reactive ketones (excluding diaryl/α,β-unsaturated/α-hetero) is 1.